The van der Waals surface area contributed by atoms with E-state index in [0.29, 0.717) is 6.04 Å². The number of fused-ring (bicyclic) bond motifs is 1. The molecule has 104 valence electrons. The summed E-state index contributed by atoms with van der Waals surface area (Å²) in [5.74, 6) is 1.09. The normalized spacial score (nSPS) is 23.9. The topological polar surface area (TPSA) is 39.5 Å². The molecule has 4 nitrogen and oxygen atoms in total. The van der Waals surface area contributed by atoms with E-state index in [1.54, 1.807) is 4.90 Å². The Kier molecular flexibility index (Phi) is 4.01. The highest BCUT2D eigenvalue weighted by Crippen LogP contribution is 2.28. The highest BCUT2D eigenvalue weighted by Gasteiger charge is 2.35. The van der Waals surface area contributed by atoms with Gasteiger partial charge in [-0.25, -0.2) is 0 Å². The van der Waals surface area contributed by atoms with E-state index < -0.39 is 0 Å². The van der Waals surface area contributed by atoms with Gasteiger partial charge < -0.3 is 19.7 Å². The molecule has 1 saturated heterocycles. The lowest BCUT2D eigenvalue weighted by Crippen LogP contribution is -3.17. The largest absolute Gasteiger partial charge is 0.493 e. The van der Waals surface area contributed by atoms with Gasteiger partial charge in [0.05, 0.1) is 25.4 Å². The number of quaternary nitrogens is 2. The zero-order chi connectivity index (χ0) is 13.1. The molecule has 0 aliphatic carbocycles. The second-order valence-corrected chi connectivity index (χ2v) is 5.31. The molecule has 0 radical (unpaired) electrons. The van der Waals surface area contributed by atoms with Crippen LogP contribution in [0.4, 0.5) is 0 Å². The lowest BCUT2D eigenvalue weighted by atomic mass is 9.94. The van der Waals surface area contributed by atoms with Crippen LogP contribution in [0.2, 0.25) is 0 Å². The van der Waals surface area contributed by atoms with Crippen LogP contribution in [0.15, 0.2) is 18.2 Å². The molecular formula is C15H24N2O2+2. The molecule has 3 N–H and O–H groups in total. The predicted octanol–water partition coefficient (Wildman–Crippen LogP) is -0.881. The minimum atomic E-state index is 0.551. The van der Waals surface area contributed by atoms with Crippen LogP contribution in [0, 0.1) is 0 Å². The first-order chi connectivity index (χ1) is 9.40. The number of ether oxygens (including phenoxy) is 2. The summed E-state index contributed by atoms with van der Waals surface area (Å²) < 4.78 is 11.4. The first kappa shape index (κ1) is 12.9. The van der Waals surface area contributed by atoms with E-state index in [9.17, 15) is 0 Å². The third-order valence-electron chi connectivity index (χ3n) is 4.20. The molecule has 0 saturated carbocycles. The van der Waals surface area contributed by atoms with Gasteiger partial charge in [0.2, 0.25) is 0 Å². The maximum absolute atomic E-state index is 5.87. The smallest absolute Gasteiger partial charge is 0.167 e. The minimum absolute atomic E-state index is 0.551. The van der Waals surface area contributed by atoms with Crippen LogP contribution in [-0.4, -0.2) is 39.5 Å². The Morgan fingerprint density at radius 2 is 2.21 bits per heavy atom. The molecule has 1 atom stereocenters. The Bertz CT molecular complexity index is 430. The average molecular weight is 264 g/mol. The van der Waals surface area contributed by atoms with Crippen LogP contribution >= 0.6 is 0 Å². The van der Waals surface area contributed by atoms with E-state index in [4.69, 9.17) is 9.47 Å². The molecule has 2 aliphatic rings. The third kappa shape index (κ3) is 2.61. The van der Waals surface area contributed by atoms with Gasteiger partial charge in [-0.2, -0.15) is 0 Å². The standard InChI is InChI=1S/C15H22N2O2/c1-2-19-14-5-3-4-12-10-16-11-13(15(12)14)17-6-8-18-9-7-17/h3-5,13,16H,2,6-11H2,1H3/p+2/t13-/m0/s1. The van der Waals surface area contributed by atoms with E-state index in [-0.39, 0.29) is 0 Å². The Labute approximate surface area is 114 Å². The van der Waals surface area contributed by atoms with Crippen LogP contribution in [-0.2, 0) is 11.3 Å². The number of nitrogens with two attached hydrogens (primary N) is 1. The van der Waals surface area contributed by atoms with Crippen molar-refractivity contribution in [2.45, 2.75) is 19.5 Å². The Morgan fingerprint density at radius 1 is 1.37 bits per heavy atom. The van der Waals surface area contributed by atoms with Crippen LogP contribution in [0.1, 0.15) is 24.1 Å². The van der Waals surface area contributed by atoms with Crippen molar-refractivity contribution in [1.29, 1.82) is 0 Å². The van der Waals surface area contributed by atoms with Gasteiger partial charge in [-0.15, -0.1) is 0 Å². The predicted molar refractivity (Wildman–Crippen MR) is 72.4 cm³/mol. The molecule has 0 unspecified atom stereocenters. The second-order valence-electron chi connectivity index (χ2n) is 5.31. The zero-order valence-corrected chi connectivity index (χ0v) is 11.7. The molecule has 0 bridgehead atoms. The number of nitrogens with one attached hydrogen (secondary N) is 1. The Morgan fingerprint density at radius 3 is 3.00 bits per heavy atom. The molecule has 0 spiro atoms. The van der Waals surface area contributed by atoms with E-state index in [1.807, 2.05) is 0 Å². The molecule has 1 fully saturated rings. The van der Waals surface area contributed by atoms with Crippen LogP contribution in [0.3, 0.4) is 0 Å². The van der Waals surface area contributed by atoms with Crippen molar-refractivity contribution >= 4 is 0 Å². The summed E-state index contributed by atoms with van der Waals surface area (Å²) in [7, 11) is 0. The van der Waals surface area contributed by atoms with Gasteiger partial charge in [0, 0.05) is 5.56 Å². The summed E-state index contributed by atoms with van der Waals surface area (Å²) in [4.78, 5) is 1.65. The van der Waals surface area contributed by atoms with Gasteiger partial charge >= 0.3 is 0 Å². The van der Waals surface area contributed by atoms with Crippen molar-refractivity contribution in [2.24, 2.45) is 0 Å². The first-order valence-electron chi connectivity index (χ1n) is 7.38. The molecule has 19 heavy (non-hydrogen) atoms. The van der Waals surface area contributed by atoms with Crippen molar-refractivity contribution in [3.63, 3.8) is 0 Å². The lowest BCUT2D eigenvalue weighted by Gasteiger charge is -2.34. The summed E-state index contributed by atoms with van der Waals surface area (Å²) in [5.41, 5.74) is 2.89. The maximum Gasteiger partial charge on any atom is 0.167 e. The van der Waals surface area contributed by atoms with Crippen molar-refractivity contribution in [1.82, 2.24) is 0 Å². The van der Waals surface area contributed by atoms with Crippen molar-refractivity contribution in [3.8, 4) is 5.75 Å². The van der Waals surface area contributed by atoms with Gasteiger partial charge in [-0.1, -0.05) is 12.1 Å². The SMILES string of the molecule is CCOc1cccc2c1[C@@H]([NH+]1CCOCC1)C[NH2+]C2. The van der Waals surface area contributed by atoms with Gasteiger partial charge in [-0.3, -0.25) is 0 Å². The molecule has 1 aromatic rings. The van der Waals surface area contributed by atoms with Crippen molar-refractivity contribution in [3.05, 3.63) is 29.3 Å². The number of hydrogen-bond donors (Lipinski definition) is 2. The number of morpholine rings is 1. The fraction of sp³-hybridized carbons (Fsp3) is 0.600. The van der Waals surface area contributed by atoms with Crippen molar-refractivity contribution in [2.75, 3.05) is 39.5 Å². The molecule has 1 aromatic carbocycles. The molecule has 2 heterocycles. The van der Waals surface area contributed by atoms with E-state index in [2.05, 4.69) is 30.4 Å². The minimum Gasteiger partial charge on any atom is -0.493 e. The van der Waals surface area contributed by atoms with Gasteiger partial charge in [-0.05, 0) is 13.0 Å². The highest BCUT2D eigenvalue weighted by molar-refractivity contribution is 5.42. The van der Waals surface area contributed by atoms with Crippen LogP contribution < -0.4 is 15.0 Å². The van der Waals surface area contributed by atoms with Crippen LogP contribution in [0.25, 0.3) is 0 Å². The quantitative estimate of drug-likeness (QED) is 0.744. The molecular weight excluding hydrogens is 240 g/mol. The van der Waals surface area contributed by atoms with Crippen molar-refractivity contribution < 1.29 is 19.7 Å². The first-order valence-corrected chi connectivity index (χ1v) is 7.38. The van der Waals surface area contributed by atoms with Gasteiger partial charge in [0.25, 0.3) is 0 Å². The fourth-order valence-electron chi connectivity index (χ4n) is 3.32. The molecule has 4 heteroatoms. The Hall–Kier alpha value is -1.10. The highest BCUT2D eigenvalue weighted by atomic mass is 16.5. The van der Waals surface area contributed by atoms with Gasteiger partial charge in [0.1, 0.15) is 31.9 Å². The molecule has 0 aromatic heterocycles. The summed E-state index contributed by atoms with van der Waals surface area (Å²) in [6.07, 6.45) is 0. The Balaban J connectivity index is 1.92. The monoisotopic (exact) mass is 264 g/mol. The number of hydrogen-bond acceptors (Lipinski definition) is 2. The fourth-order valence-corrected chi connectivity index (χ4v) is 3.32. The third-order valence-corrected chi connectivity index (χ3v) is 4.20. The summed E-state index contributed by atoms with van der Waals surface area (Å²) in [5, 5.41) is 2.42. The molecule has 3 rings (SSSR count). The average Bonchev–Trinajstić information content (AvgIpc) is 2.48. The molecule has 2 aliphatic heterocycles. The second kappa shape index (κ2) is 5.90. The summed E-state index contributed by atoms with van der Waals surface area (Å²) in [6, 6.07) is 7.05. The lowest BCUT2D eigenvalue weighted by molar-refractivity contribution is -0.954. The van der Waals surface area contributed by atoms with E-state index in [1.165, 1.54) is 11.1 Å². The zero-order valence-electron chi connectivity index (χ0n) is 11.7. The summed E-state index contributed by atoms with van der Waals surface area (Å²) in [6.45, 7) is 9.03. The maximum atomic E-state index is 5.87. The number of benzene rings is 1. The van der Waals surface area contributed by atoms with Crippen LogP contribution in [0.5, 0.6) is 5.75 Å². The summed E-state index contributed by atoms with van der Waals surface area (Å²) >= 11 is 0. The van der Waals surface area contributed by atoms with Gasteiger partial charge in [0.15, 0.2) is 6.04 Å². The van der Waals surface area contributed by atoms with E-state index >= 15 is 0 Å². The molecule has 0 amide bonds. The number of rotatable bonds is 3. The van der Waals surface area contributed by atoms with E-state index in [0.717, 1.165) is 51.7 Å².